The van der Waals surface area contributed by atoms with Gasteiger partial charge in [0.15, 0.2) is 5.13 Å². The molecule has 1 amide bonds. The van der Waals surface area contributed by atoms with E-state index < -0.39 is 0 Å². The first-order valence-electron chi connectivity index (χ1n) is 7.97. The third-order valence-corrected chi connectivity index (χ3v) is 5.89. The summed E-state index contributed by atoms with van der Waals surface area (Å²) in [5.74, 6) is 0.182. The molecular formula is C18H18FN3O2S2. The van der Waals surface area contributed by atoms with Crippen LogP contribution in [0.2, 0.25) is 0 Å². The van der Waals surface area contributed by atoms with E-state index in [-0.39, 0.29) is 17.6 Å². The van der Waals surface area contributed by atoms with Gasteiger partial charge in [0.2, 0.25) is 0 Å². The van der Waals surface area contributed by atoms with E-state index in [9.17, 15) is 9.18 Å². The number of nitrogens with one attached hydrogen (secondary N) is 1. The number of aryl methyl sites for hydroxylation is 1. The predicted octanol–water partition coefficient (Wildman–Crippen LogP) is 5.10. The molecule has 0 saturated carbocycles. The maximum Gasteiger partial charge on any atom is 0.269 e. The molecule has 8 heteroatoms. The second-order valence-corrected chi connectivity index (χ2v) is 7.85. The number of rotatable bonds is 5. The molecule has 26 heavy (non-hydrogen) atoms. The molecule has 2 heterocycles. The van der Waals surface area contributed by atoms with Crippen molar-refractivity contribution in [2.45, 2.75) is 26.7 Å². The standard InChI is InChI=1S/C18H18FN3O2S2/c1-9(2)17-20-10(3)15(26-17)16(23)22-18-21-13(8-25-18)12-7-11(19)5-6-14(12)24-4/h5-9H,1-4H3,(H,21,22,23). The van der Waals surface area contributed by atoms with Gasteiger partial charge in [-0.3, -0.25) is 10.1 Å². The number of halogens is 1. The molecule has 5 nitrogen and oxygen atoms in total. The molecule has 1 aromatic carbocycles. The Morgan fingerprint density at radius 1 is 1.31 bits per heavy atom. The summed E-state index contributed by atoms with van der Waals surface area (Å²) < 4.78 is 18.8. The van der Waals surface area contributed by atoms with E-state index in [0.29, 0.717) is 32.7 Å². The molecule has 1 N–H and O–H groups in total. The highest BCUT2D eigenvalue weighted by atomic mass is 32.1. The monoisotopic (exact) mass is 391 g/mol. The molecule has 3 rings (SSSR count). The Labute approximate surface area is 158 Å². The van der Waals surface area contributed by atoms with E-state index in [1.54, 1.807) is 11.4 Å². The van der Waals surface area contributed by atoms with Crippen LogP contribution < -0.4 is 10.1 Å². The molecule has 0 saturated heterocycles. The summed E-state index contributed by atoms with van der Waals surface area (Å²) in [6.45, 7) is 5.90. The van der Waals surface area contributed by atoms with Gasteiger partial charge in [-0.05, 0) is 25.1 Å². The Kier molecular flexibility index (Phi) is 5.33. The van der Waals surface area contributed by atoms with Crippen LogP contribution >= 0.6 is 22.7 Å². The highest BCUT2D eigenvalue weighted by Gasteiger charge is 2.19. The normalized spacial score (nSPS) is 11.0. The lowest BCUT2D eigenvalue weighted by Crippen LogP contribution is -2.11. The van der Waals surface area contributed by atoms with Crippen LogP contribution in [0.3, 0.4) is 0 Å². The van der Waals surface area contributed by atoms with Gasteiger partial charge in [0.1, 0.15) is 16.4 Å². The fraction of sp³-hybridized carbons (Fsp3) is 0.278. The van der Waals surface area contributed by atoms with Gasteiger partial charge in [-0.1, -0.05) is 13.8 Å². The van der Waals surface area contributed by atoms with Gasteiger partial charge >= 0.3 is 0 Å². The molecule has 0 aliphatic heterocycles. The second-order valence-electron chi connectivity index (χ2n) is 5.96. The van der Waals surface area contributed by atoms with Crippen LogP contribution in [-0.4, -0.2) is 23.0 Å². The minimum atomic E-state index is -0.374. The zero-order valence-electron chi connectivity index (χ0n) is 14.8. The molecule has 0 unspecified atom stereocenters. The van der Waals surface area contributed by atoms with Crippen LogP contribution in [0.4, 0.5) is 9.52 Å². The number of benzene rings is 1. The van der Waals surface area contributed by atoms with Crippen LogP contribution in [0.25, 0.3) is 11.3 Å². The maximum atomic E-state index is 13.6. The molecule has 3 aromatic rings. The van der Waals surface area contributed by atoms with Crippen molar-refractivity contribution in [3.05, 3.63) is 45.0 Å². The van der Waals surface area contributed by atoms with Gasteiger partial charge in [-0.2, -0.15) is 0 Å². The Balaban J connectivity index is 1.83. The zero-order chi connectivity index (χ0) is 18.8. The van der Waals surface area contributed by atoms with Gasteiger partial charge in [0, 0.05) is 16.9 Å². The van der Waals surface area contributed by atoms with Crippen molar-refractivity contribution < 1.29 is 13.9 Å². The summed E-state index contributed by atoms with van der Waals surface area (Å²) in [7, 11) is 1.52. The lowest BCUT2D eigenvalue weighted by atomic mass is 10.1. The Hall–Kier alpha value is -2.32. The second kappa shape index (κ2) is 7.51. The third-order valence-electron chi connectivity index (χ3n) is 3.68. The topological polar surface area (TPSA) is 64.1 Å². The van der Waals surface area contributed by atoms with Crippen molar-refractivity contribution in [2.75, 3.05) is 12.4 Å². The van der Waals surface area contributed by atoms with Crippen LogP contribution in [0.1, 0.15) is 40.1 Å². The lowest BCUT2D eigenvalue weighted by molar-refractivity contribution is 0.103. The van der Waals surface area contributed by atoms with E-state index >= 15 is 0 Å². The van der Waals surface area contributed by atoms with Crippen LogP contribution in [0.15, 0.2) is 23.6 Å². The minimum Gasteiger partial charge on any atom is -0.496 e. The van der Waals surface area contributed by atoms with E-state index in [4.69, 9.17) is 4.74 Å². The van der Waals surface area contributed by atoms with Gasteiger partial charge in [-0.15, -0.1) is 22.7 Å². The zero-order valence-corrected chi connectivity index (χ0v) is 16.4. The van der Waals surface area contributed by atoms with Crippen molar-refractivity contribution in [2.24, 2.45) is 0 Å². The fourth-order valence-electron chi connectivity index (χ4n) is 2.36. The van der Waals surface area contributed by atoms with Crippen LogP contribution in [0, 0.1) is 12.7 Å². The molecule has 2 aromatic heterocycles. The summed E-state index contributed by atoms with van der Waals surface area (Å²) >= 11 is 2.66. The van der Waals surface area contributed by atoms with Gasteiger partial charge < -0.3 is 4.74 Å². The summed E-state index contributed by atoms with van der Waals surface area (Å²) in [5, 5.41) is 5.92. The van der Waals surface area contributed by atoms with Crippen molar-refractivity contribution in [3.63, 3.8) is 0 Å². The molecule has 0 spiro atoms. The molecule has 0 atom stereocenters. The number of carbonyl (C=O) groups excluding carboxylic acids is 1. The fourth-order valence-corrected chi connectivity index (χ4v) is 4.03. The molecule has 0 fully saturated rings. The number of anilines is 1. The third kappa shape index (κ3) is 3.76. The molecule has 0 radical (unpaired) electrons. The van der Waals surface area contributed by atoms with Gasteiger partial charge in [0.25, 0.3) is 5.91 Å². The number of carbonyl (C=O) groups is 1. The summed E-state index contributed by atoms with van der Waals surface area (Å²) in [6.07, 6.45) is 0. The smallest absolute Gasteiger partial charge is 0.269 e. The summed E-state index contributed by atoms with van der Waals surface area (Å²) in [4.78, 5) is 21.9. The van der Waals surface area contributed by atoms with Gasteiger partial charge in [0.05, 0.1) is 23.5 Å². The first kappa shape index (κ1) is 18.5. The molecular weight excluding hydrogens is 373 g/mol. The van der Waals surface area contributed by atoms with Crippen molar-refractivity contribution in [1.82, 2.24) is 9.97 Å². The first-order chi connectivity index (χ1) is 12.4. The Bertz CT molecular complexity index is 950. The van der Waals surface area contributed by atoms with Gasteiger partial charge in [-0.25, -0.2) is 14.4 Å². The largest absolute Gasteiger partial charge is 0.496 e. The number of ether oxygens (including phenoxy) is 1. The Morgan fingerprint density at radius 2 is 2.08 bits per heavy atom. The maximum absolute atomic E-state index is 13.6. The number of methoxy groups -OCH3 is 1. The number of hydrogen-bond acceptors (Lipinski definition) is 6. The number of aromatic nitrogens is 2. The summed E-state index contributed by atoms with van der Waals surface area (Å²) in [6, 6.07) is 4.24. The highest BCUT2D eigenvalue weighted by molar-refractivity contribution is 7.15. The molecule has 0 aliphatic rings. The number of thiazole rings is 2. The SMILES string of the molecule is COc1ccc(F)cc1-c1csc(NC(=O)c2sc(C(C)C)nc2C)n1. The van der Waals surface area contributed by atoms with E-state index in [0.717, 1.165) is 5.01 Å². The number of amides is 1. The van der Waals surface area contributed by atoms with Crippen molar-refractivity contribution in [3.8, 4) is 17.0 Å². The molecule has 0 bridgehead atoms. The quantitative estimate of drug-likeness (QED) is 0.657. The van der Waals surface area contributed by atoms with E-state index in [1.165, 1.54) is 41.9 Å². The minimum absolute atomic E-state index is 0.237. The molecule has 0 aliphatic carbocycles. The highest BCUT2D eigenvalue weighted by Crippen LogP contribution is 2.33. The van der Waals surface area contributed by atoms with Crippen molar-refractivity contribution in [1.29, 1.82) is 0 Å². The number of hydrogen-bond donors (Lipinski definition) is 1. The van der Waals surface area contributed by atoms with Crippen molar-refractivity contribution >= 4 is 33.7 Å². The lowest BCUT2D eigenvalue weighted by Gasteiger charge is -2.05. The Morgan fingerprint density at radius 3 is 2.73 bits per heavy atom. The summed E-state index contributed by atoms with van der Waals surface area (Å²) in [5.41, 5.74) is 1.80. The predicted molar refractivity (Wildman–Crippen MR) is 103 cm³/mol. The average molecular weight is 391 g/mol. The first-order valence-corrected chi connectivity index (χ1v) is 9.66. The van der Waals surface area contributed by atoms with Crippen LogP contribution in [0.5, 0.6) is 5.75 Å². The average Bonchev–Trinajstić information content (AvgIpc) is 3.21. The number of nitrogens with zero attached hydrogens (tertiary/aromatic N) is 2. The molecule has 136 valence electrons. The van der Waals surface area contributed by atoms with E-state index in [2.05, 4.69) is 15.3 Å². The van der Waals surface area contributed by atoms with E-state index in [1.807, 2.05) is 20.8 Å². The van der Waals surface area contributed by atoms with Crippen LogP contribution in [-0.2, 0) is 0 Å².